The average molecular weight is 412 g/mol. The van der Waals surface area contributed by atoms with Gasteiger partial charge in [0.2, 0.25) is 0 Å². The van der Waals surface area contributed by atoms with Crippen molar-refractivity contribution < 1.29 is 0 Å². The van der Waals surface area contributed by atoms with E-state index in [1.165, 1.54) is 74.3 Å². The lowest BCUT2D eigenvalue weighted by Gasteiger charge is -2.32. The summed E-state index contributed by atoms with van der Waals surface area (Å²) in [5.74, 6) is 0.863. The summed E-state index contributed by atoms with van der Waals surface area (Å²) >= 11 is 1.75. The molecule has 1 fully saturated rings. The maximum atomic E-state index is 3.52. The van der Waals surface area contributed by atoms with Crippen molar-refractivity contribution in [2.45, 2.75) is 50.3 Å². The molecule has 0 bridgehead atoms. The van der Waals surface area contributed by atoms with Crippen LogP contribution >= 0.6 is 11.9 Å². The predicted molar refractivity (Wildman–Crippen MR) is 128 cm³/mol. The van der Waals surface area contributed by atoms with Gasteiger partial charge in [0.15, 0.2) is 0 Å². The molecular formula is C25H37N3S. The number of nitrogens with one attached hydrogen (secondary N) is 2. The molecule has 0 amide bonds. The molecule has 4 heteroatoms. The number of rotatable bonds is 12. The molecule has 29 heavy (non-hydrogen) atoms. The van der Waals surface area contributed by atoms with E-state index < -0.39 is 0 Å². The van der Waals surface area contributed by atoms with E-state index in [-0.39, 0.29) is 0 Å². The van der Waals surface area contributed by atoms with E-state index in [0.717, 1.165) is 19.0 Å². The van der Waals surface area contributed by atoms with Crippen molar-refractivity contribution in [3.63, 3.8) is 0 Å². The predicted octanol–water partition coefficient (Wildman–Crippen LogP) is 5.84. The van der Waals surface area contributed by atoms with Crippen LogP contribution in [-0.2, 0) is 6.42 Å². The lowest BCUT2D eigenvalue weighted by atomic mass is 9.90. The van der Waals surface area contributed by atoms with Gasteiger partial charge in [0.1, 0.15) is 0 Å². The fraction of sp³-hybridized carbons (Fsp3) is 0.520. The standard InChI is InChI=1S/C25H37N3S/c1-2-3-16-26-24-10-12-25(13-11-24)29-27-17-7-18-28-19-14-23(15-20-28)21-22-8-5-4-6-9-22/h4-6,8-13,23,26-27H,2-3,7,14-21H2,1H3. The normalized spacial score (nSPS) is 15.5. The van der Waals surface area contributed by atoms with Crippen LogP contribution in [0, 0.1) is 5.92 Å². The zero-order valence-corrected chi connectivity index (χ0v) is 18.7. The molecule has 3 rings (SSSR count). The third kappa shape index (κ3) is 8.41. The van der Waals surface area contributed by atoms with Crippen LogP contribution in [0.3, 0.4) is 0 Å². The van der Waals surface area contributed by atoms with Gasteiger partial charge in [0.25, 0.3) is 0 Å². The third-order valence-electron chi connectivity index (χ3n) is 5.73. The van der Waals surface area contributed by atoms with Crippen molar-refractivity contribution in [3.8, 4) is 0 Å². The van der Waals surface area contributed by atoms with E-state index in [9.17, 15) is 0 Å². The highest BCUT2D eigenvalue weighted by Crippen LogP contribution is 2.22. The Morgan fingerprint density at radius 2 is 1.69 bits per heavy atom. The number of nitrogens with zero attached hydrogens (tertiary/aromatic N) is 1. The number of hydrogen-bond donors (Lipinski definition) is 2. The van der Waals surface area contributed by atoms with E-state index >= 15 is 0 Å². The smallest absolute Gasteiger partial charge is 0.0340 e. The molecule has 0 atom stereocenters. The molecule has 0 radical (unpaired) electrons. The van der Waals surface area contributed by atoms with Crippen LogP contribution in [-0.4, -0.2) is 37.6 Å². The van der Waals surface area contributed by atoms with Crippen molar-refractivity contribution in [2.75, 3.05) is 38.0 Å². The number of hydrogen-bond acceptors (Lipinski definition) is 4. The minimum atomic E-state index is 0.863. The summed E-state index contributed by atoms with van der Waals surface area (Å²) in [5, 5.41) is 3.47. The highest BCUT2D eigenvalue weighted by Gasteiger charge is 2.18. The molecule has 3 nitrogen and oxygen atoms in total. The van der Waals surface area contributed by atoms with E-state index in [4.69, 9.17) is 0 Å². The van der Waals surface area contributed by atoms with E-state index in [1.54, 1.807) is 11.9 Å². The summed E-state index contributed by atoms with van der Waals surface area (Å²) in [6, 6.07) is 19.7. The number of anilines is 1. The lowest BCUT2D eigenvalue weighted by Crippen LogP contribution is -2.35. The van der Waals surface area contributed by atoms with Gasteiger partial charge in [-0.3, -0.25) is 4.72 Å². The Balaban J connectivity index is 1.23. The highest BCUT2D eigenvalue weighted by atomic mass is 32.2. The topological polar surface area (TPSA) is 27.3 Å². The summed E-state index contributed by atoms with van der Waals surface area (Å²) in [7, 11) is 0. The Hall–Kier alpha value is -1.49. The van der Waals surface area contributed by atoms with Crippen LogP contribution in [0.25, 0.3) is 0 Å². The monoisotopic (exact) mass is 411 g/mol. The molecule has 2 N–H and O–H groups in total. The number of piperidine rings is 1. The first-order chi connectivity index (χ1) is 14.3. The molecule has 1 heterocycles. The summed E-state index contributed by atoms with van der Waals surface area (Å²) in [6.45, 7) is 8.08. The summed E-state index contributed by atoms with van der Waals surface area (Å²) in [4.78, 5) is 3.93. The summed E-state index contributed by atoms with van der Waals surface area (Å²) < 4.78 is 3.52. The second-order valence-corrected chi connectivity index (χ2v) is 9.09. The van der Waals surface area contributed by atoms with Gasteiger partial charge in [0, 0.05) is 23.7 Å². The van der Waals surface area contributed by atoms with Crippen LogP contribution < -0.4 is 10.0 Å². The molecule has 0 aliphatic carbocycles. The van der Waals surface area contributed by atoms with Gasteiger partial charge in [-0.25, -0.2) is 0 Å². The first kappa shape index (κ1) is 22.2. The first-order valence-electron chi connectivity index (χ1n) is 11.3. The first-order valence-corrected chi connectivity index (χ1v) is 12.1. The molecule has 0 aromatic heterocycles. The second-order valence-electron chi connectivity index (χ2n) is 8.13. The van der Waals surface area contributed by atoms with E-state index in [1.807, 2.05) is 0 Å². The van der Waals surface area contributed by atoms with Gasteiger partial charge in [0.05, 0.1) is 0 Å². The minimum Gasteiger partial charge on any atom is -0.385 e. The Labute approximate surface area is 181 Å². The van der Waals surface area contributed by atoms with Crippen molar-refractivity contribution >= 4 is 17.6 Å². The zero-order valence-electron chi connectivity index (χ0n) is 17.9. The van der Waals surface area contributed by atoms with Gasteiger partial charge < -0.3 is 10.2 Å². The number of benzene rings is 2. The number of likely N-dealkylation sites (tertiary alicyclic amines) is 1. The fourth-order valence-electron chi connectivity index (χ4n) is 3.92. The SMILES string of the molecule is CCCCNc1ccc(SNCCCN2CCC(Cc3ccccc3)CC2)cc1. The average Bonchev–Trinajstić information content (AvgIpc) is 2.77. The van der Waals surface area contributed by atoms with Crippen LogP contribution in [0.2, 0.25) is 0 Å². The second kappa shape index (κ2) is 12.9. The van der Waals surface area contributed by atoms with Crippen molar-refractivity contribution in [2.24, 2.45) is 5.92 Å². The molecule has 1 aliphatic rings. The van der Waals surface area contributed by atoms with Gasteiger partial charge >= 0.3 is 0 Å². The van der Waals surface area contributed by atoms with Gasteiger partial charge in [-0.2, -0.15) is 0 Å². The van der Waals surface area contributed by atoms with Crippen LogP contribution in [0.4, 0.5) is 5.69 Å². The molecule has 1 saturated heterocycles. The molecule has 158 valence electrons. The Morgan fingerprint density at radius 1 is 0.931 bits per heavy atom. The van der Waals surface area contributed by atoms with Gasteiger partial charge in [-0.15, -0.1) is 0 Å². The molecule has 1 aliphatic heterocycles. The fourth-order valence-corrected chi connectivity index (χ4v) is 4.61. The van der Waals surface area contributed by atoms with Crippen LogP contribution in [0.5, 0.6) is 0 Å². The van der Waals surface area contributed by atoms with Crippen molar-refractivity contribution in [1.29, 1.82) is 0 Å². The molecule has 0 saturated carbocycles. The molecule has 2 aromatic carbocycles. The van der Waals surface area contributed by atoms with E-state index in [2.05, 4.69) is 76.5 Å². The molecule has 2 aromatic rings. The maximum Gasteiger partial charge on any atom is 0.0340 e. The Kier molecular flexibility index (Phi) is 9.91. The molecule has 0 unspecified atom stereocenters. The number of unbranched alkanes of at least 4 members (excludes halogenated alkanes) is 1. The molecular weight excluding hydrogens is 374 g/mol. The quantitative estimate of drug-likeness (QED) is 0.339. The Morgan fingerprint density at radius 3 is 2.41 bits per heavy atom. The van der Waals surface area contributed by atoms with Crippen LogP contribution in [0.15, 0.2) is 59.5 Å². The van der Waals surface area contributed by atoms with Crippen LogP contribution in [0.1, 0.15) is 44.6 Å². The zero-order chi connectivity index (χ0) is 20.2. The van der Waals surface area contributed by atoms with Crippen molar-refractivity contribution in [1.82, 2.24) is 9.62 Å². The van der Waals surface area contributed by atoms with E-state index in [0.29, 0.717) is 0 Å². The maximum absolute atomic E-state index is 3.52. The summed E-state index contributed by atoms with van der Waals surface area (Å²) in [6.07, 6.45) is 7.61. The Bertz CT molecular complexity index is 666. The summed E-state index contributed by atoms with van der Waals surface area (Å²) in [5.41, 5.74) is 2.72. The minimum absolute atomic E-state index is 0.863. The third-order valence-corrected chi connectivity index (χ3v) is 6.59. The van der Waals surface area contributed by atoms with Gasteiger partial charge in [-0.05, 0) is 99.4 Å². The highest BCUT2D eigenvalue weighted by molar-refractivity contribution is 7.97. The van der Waals surface area contributed by atoms with Crippen molar-refractivity contribution in [3.05, 3.63) is 60.2 Å². The lowest BCUT2D eigenvalue weighted by molar-refractivity contribution is 0.183. The largest absolute Gasteiger partial charge is 0.385 e. The molecule has 0 spiro atoms. The van der Waals surface area contributed by atoms with Gasteiger partial charge in [-0.1, -0.05) is 43.7 Å².